The van der Waals surface area contributed by atoms with Crippen LogP contribution < -0.4 is 0 Å². The van der Waals surface area contributed by atoms with Crippen molar-refractivity contribution in [1.82, 2.24) is 4.98 Å². The number of fused-ring (bicyclic) bond motifs is 1. The Kier molecular flexibility index (Phi) is 2.88. The lowest BCUT2D eigenvalue weighted by Crippen LogP contribution is -1.99. The second kappa shape index (κ2) is 4.18. The van der Waals surface area contributed by atoms with Gasteiger partial charge in [-0.05, 0) is 43.2 Å². The van der Waals surface area contributed by atoms with E-state index in [1.165, 1.54) is 12.1 Å². The third kappa shape index (κ3) is 1.91. The molecule has 1 N–H and O–H groups in total. The van der Waals surface area contributed by atoms with Crippen molar-refractivity contribution < 1.29 is 9.50 Å². The summed E-state index contributed by atoms with van der Waals surface area (Å²) in [6.07, 6.45) is 0.0423. The number of aliphatic hydroxyl groups is 1. The molecule has 1 unspecified atom stereocenters. The lowest BCUT2D eigenvalue weighted by Gasteiger charge is -2.12. The molecule has 2 aromatic rings. The van der Waals surface area contributed by atoms with Crippen LogP contribution in [0.15, 0.2) is 24.3 Å². The number of halogens is 1. The minimum Gasteiger partial charge on any atom is -0.388 e. The van der Waals surface area contributed by atoms with Gasteiger partial charge in [0.15, 0.2) is 0 Å². The maximum absolute atomic E-state index is 13.2. The topological polar surface area (TPSA) is 33.1 Å². The third-order valence-electron chi connectivity index (χ3n) is 2.68. The number of benzene rings is 1. The molecule has 3 heteroatoms. The number of hydrogen-bond acceptors (Lipinski definition) is 2. The van der Waals surface area contributed by atoms with Crippen LogP contribution in [0.3, 0.4) is 0 Å². The van der Waals surface area contributed by atoms with Gasteiger partial charge >= 0.3 is 0 Å². The van der Waals surface area contributed by atoms with Gasteiger partial charge in [-0.3, -0.25) is 4.98 Å². The maximum Gasteiger partial charge on any atom is 0.123 e. The number of hydrogen-bond donors (Lipinski definition) is 1. The SMILES string of the molecule is CCC(O)c1cc(C)nc2ccc(F)cc12. The second-order valence-corrected chi connectivity index (χ2v) is 3.94. The molecule has 0 aliphatic carbocycles. The summed E-state index contributed by atoms with van der Waals surface area (Å²) in [6, 6.07) is 6.27. The van der Waals surface area contributed by atoms with Crippen LogP contribution >= 0.6 is 0 Å². The Hall–Kier alpha value is -1.48. The lowest BCUT2D eigenvalue weighted by atomic mass is 10.0. The van der Waals surface area contributed by atoms with Crippen LogP contribution in [-0.4, -0.2) is 10.1 Å². The Morgan fingerprint density at radius 3 is 2.81 bits per heavy atom. The van der Waals surface area contributed by atoms with Crippen molar-refractivity contribution in [3.05, 3.63) is 41.3 Å². The molecule has 1 aromatic carbocycles. The third-order valence-corrected chi connectivity index (χ3v) is 2.68. The Morgan fingerprint density at radius 2 is 2.12 bits per heavy atom. The first-order valence-corrected chi connectivity index (χ1v) is 5.36. The summed E-state index contributed by atoms with van der Waals surface area (Å²) in [5.41, 5.74) is 2.31. The van der Waals surface area contributed by atoms with Crippen LogP contribution in [0.4, 0.5) is 4.39 Å². The molecule has 84 valence electrons. The normalized spacial score (nSPS) is 13.0. The van der Waals surface area contributed by atoms with Crippen LogP contribution in [0, 0.1) is 12.7 Å². The molecular weight excluding hydrogens is 205 g/mol. The fourth-order valence-electron chi connectivity index (χ4n) is 1.86. The average molecular weight is 219 g/mol. The lowest BCUT2D eigenvalue weighted by molar-refractivity contribution is 0.175. The summed E-state index contributed by atoms with van der Waals surface area (Å²) >= 11 is 0. The molecule has 2 rings (SSSR count). The minimum atomic E-state index is -0.564. The number of aliphatic hydroxyl groups excluding tert-OH is 1. The molecule has 2 nitrogen and oxygen atoms in total. The molecule has 1 atom stereocenters. The fourth-order valence-corrected chi connectivity index (χ4v) is 1.86. The first-order valence-electron chi connectivity index (χ1n) is 5.36. The van der Waals surface area contributed by atoms with Crippen molar-refractivity contribution in [1.29, 1.82) is 0 Å². The molecule has 0 aliphatic rings. The molecule has 0 aliphatic heterocycles. The quantitative estimate of drug-likeness (QED) is 0.841. The zero-order valence-electron chi connectivity index (χ0n) is 9.37. The Labute approximate surface area is 93.8 Å². The number of rotatable bonds is 2. The van der Waals surface area contributed by atoms with Gasteiger partial charge in [-0.15, -0.1) is 0 Å². The number of pyridine rings is 1. The molecule has 0 amide bonds. The Bertz CT molecular complexity index is 525. The molecule has 0 spiro atoms. The van der Waals surface area contributed by atoms with E-state index in [4.69, 9.17) is 0 Å². The van der Waals surface area contributed by atoms with Crippen molar-refractivity contribution in [2.24, 2.45) is 0 Å². The molecule has 0 bridgehead atoms. The van der Waals surface area contributed by atoms with Crippen LogP contribution in [0.2, 0.25) is 0 Å². The standard InChI is InChI=1S/C13H14FNO/c1-3-13(16)11-6-8(2)15-12-5-4-9(14)7-10(11)12/h4-7,13,16H,3H2,1-2H3. The predicted octanol–water partition coefficient (Wildman–Crippen LogP) is 3.13. The van der Waals surface area contributed by atoms with Gasteiger partial charge in [0.1, 0.15) is 5.82 Å². The summed E-state index contributed by atoms with van der Waals surface area (Å²) in [6.45, 7) is 3.76. The second-order valence-electron chi connectivity index (χ2n) is 3.94. The molecule has 1 aromatic heterocycles. The Balaban J connectivity index is 2.74. The highest BCUT2D eigenvalue weighted by Crippen LogP contribution is 2.26. The van der Waals surface area contributed by atoms with Crippen LogP contribution in [0.5, 0.6) is 0 Å². The fraction of sp³-hybridized carbons (Fsp3) is 0.308. The van der Waals surface area contributed by atoms with E-state index in [1.54, 1.807) is 6.07 Å². The van der Waals surface area contributed by atoms with Crippen LogP contribution in [0.25, 0.3) is 10.9 Å². The van der Waals surface area contributed by atoms with Crippen LogP contribution in [-0.2, 0) is 0 Å². The van der Waals surface area contributed by atoms with Crippen molar-refractivity contribution >= 4 is 10.9 Å². The van der Waals surface area contributed by atoms with Crippen LogP contribution in [0.1, 0.15) is 30.7 Å². The van der Waals surface area contributed by atoms with Crippen molar-refractivity contribution in [2.45, 2.75) is 26.4 Å². The van der Waals surface area contributed by atoms with E-state index in [9.17, 15) is 9.50 Å². The largest absolute Gasteiger partial charge is 0.388 e. The molecule has 0 radical (unpaired) electrons. The van der Waals surface area contributed by atoms with Gasteiger partial charge in [-0.25, -0.2) is 4.39 Å². The first-order chi connectivity index (χ1) is 7.61. The molecule has 16 heavy (non-hydrogen) atoms. The van der Waals surface area contributed by atoms with Crippen molar-refractivity contribution in [3.8, 4) is 0 Å². The Morgan fingerprint density at radius 1 is 1.38 bits per heavy atom. The summed E-state index contributed by atoms with van der Waals surface area (Å²) in [5, 5.41) is 10.6. The zero-order chi connectivity index (χ0) is 11.7. The molecule has 0 saturated heterocycles. The van der Waals surface area contributed by atoms with Gasteiger partial charge in [0.05, 0.1) is 11.6 Å². The molecular formula is C13H14FNO. The number of aryl methyl sites for hydroxylation is 1. The summed E-state index contributed by atoms with van der Waals surface area (Å²) in [5.74, 6) is -0.303. The highest BCUT2D eigenvalue weighted by Gasteiger charge is 2.11. The number of nitrogens with zero attached hydrogens (tertiary/aromatic N) is 1. The van der Waals surface area contributed by atoms with Gasteiger partial charge in [-0.1, -0.05) is 6.92 Å². The zero-order valence-corrected chi connectivity index (χ0v) is 9.37. The smallest absolute Gasteiger partial charge is 0.123 e. The summed E-state index contributed by atoms with van der Waals surface area (Å²) < 4.78 is 13.2. The van der Waals surface area contributed by atoms with E-state index in [0.29, 0.717) is 11.8 Å². The summed E-state index contributed by atoms with van der Waals surface area (Å²) in [4.78, 5) is 4.32. The van der Waals surface area contributed by atoms with E-state index in [-0.39, 0.29) is 5.82 Å². The van der Waals surface area contributed by atoms with Gasteiger partial charge in [0.25, 0.3) is 0 Å². The van der Waals surface area contributed by atoms with Gasteiger partial charge in [0, 0.05) is 11.1 Å². The van der Waals surface area contributed by atoms with Gasteiger partial charge in [0.2, 0.25) is 0 Å². The van der Waals surface area contributed by atoms with Gasteiger partial charge in [-0.2, -0.15) is 0 Å². The van der Waals surface area contributed by atoms with E-state index >= 15 is 0 Å². The van der Waals surface area contributed by atoms with E-state index < -0.39 is 6.10 Å². The summed E-state index contributed by atoms with van der Waals surface area (Å²) in [7, 11) is 0. The van der Waals surface area contributed by atoms with Crippen molar-refractivity contribution in [2.75, 3.05) is 0 Å². The average Bonchev–Trinajstić information content (AvgIpc) is 2.27. The maximum atomic E-state index is 13.2. The van der Waals surface area contributed by atoms with E-state index in [2.05, 4.69) is 4.98 Å². The molecule has 1 heterocycles. The monoisotopic (exact) mass is 219 g/mol. The first kappa shape index (κ1) is 11.0. The van der Waals surface area contributed by atoms with E-state index in [0.717, 1.165) is 16.8 Å². The molecule has 0 saturated carbocycles. The highest BCUT2D eigenvalue weighted by atomic mass is 19.1. The minimum absolute atomic E-state index is 0.303. The predicted molar refractivity (Wildman–Crippen MR) is 61.7 cm³/mol. The number of aromatic nitrogens is 1. The van der Waals surface area contributed by atoms with Crippen molar-refractivity contribution in [3.63, 3.8) is 0 Å². The van der Waals surface area contributed by atoms with Gasteiger partial charge < -0.3 is 5.11 Å². The molecule has 0 fully saturated rings. The van der Waals surface area contributed by atoms with E-state index in [1.807, 2.05) is 19.9 Å². The highest BCUT2D eigenvalue weighted by molar-refractivity contribution is 5.82.